The minimum absolute atomic E-state index is 0.258. The highest BCUT2D eigenvalue weighted by atomic mass is 32.2. The third kappa shape index (κ3) is 4.01. The first-order chi connectivity index (χ1) is 12.5. The number of rotatable bonds is 7. The molecule has 0 aromatic carbocycles. The van der Waals surface area contributed by atoms with Crippen molar-refractivity contribution in [3.63, 3.8) is 0 Å². The molecule has 0 radical (unpaired) electrons. The van der Waals surface area contributed by atoms with Crippen LogP contribution in [0.25, 0.3) is 11.0 Å². The molecule has 0 bridgehead atoms. The van der Waals surface area contributed by atoms with E-state index in [1.165, 1.54) is 0 Å². The predicted molar refractivity (Wildman–Crippen MR) is 103 cm³/mol. The smallest absolute Gasteiger partial charge is 0.211 e. The molecular formula is C18H27N5O2S. The molecule has 0 atom stereocenters. The summed E-state index contributed by atoms with van der Waals surface area (Å²) in [7, 11) is -1.06. The molecule has 2 N–H and O–H groups in total. The lowest BCUT2D eigenvalue weighted by atomic mass is 9.86. The standard InChI is InChI=1S/C18H27N5O2S/c1-23(18-16-8-9-19-17(16)20-12-21-18)15-6-4-14(5-7-15)11-26(24,25)22-10-13-2-3-13/h8-9,12-15,22H,2-7,10-11H2,1H3,(H,19,20,21). The van der Waals surface area contributed by atoms with E-state index in [2.05, 4.69) is 31.6 Å². The lowest BCUT2D eigenvalue weighted by molar-refractivity contribution is 0.340. The quantitative estimate of drug-likeness (QED) is 0.772. The van der Waals surface area contributed by atoms with E-state index in [1.807, 2.05) is 12.3 Å². The van der Waals surface area contributed by atoms with E-state index in [9.17, 15) is 8.42 Å². The number of hydrogen-bond donors (Lipinski definition) is 2. The zero-order chi connectivity index (χ0) is 18.1. The van der Waals surface area contributed by atoms with Crippen molar-refractivity contribution >= 4 is 26.9 Å². The summed E-state index contributed by atoms with van der Waals surface area (Å²) in [6, 6.07) is 2.40. The van der Waals surface area contributed by atoms with Gasteiger partial charge in [-0.25, -0.2) is 23.1 Å². The molecule has 2 aromatic heterocycles. The molecule has 2 heterocycles. The van der Waals surface area contributed by atoms with Crippen LogP contribution in [-0.2, 0) is 10.0 Å². The van der Waals surface area contributed by atoms with Crippen LogP contribution in [0.1, 0.15) is 38.5 Å². The molecule has 4 rings (SSSR count). The molecule has 0 saturated heterocycles. The average molecular weight is 378 g/mol. The third-order valence-electron chi connectivity index (χ3n) is 5.77. The summed E-state index contributed by atoms with van der Waals surface area (Å²) >= 11 is 0. The van der Waals surface area contributed by atoms with Gasteiger partial charge >= 0.3 is 0 Å². The first kappa shape index (κ1) is 17.7. The lowest BCUT2D eigenvalue weighted by Crippen LogP contribution is -2.38. The summed E-state index contributed by atoms with van der Waals surface area (Å²) in [6.07, 6.45) is 9.68. The maximum Gasteiger partial charge on any atom is 0.211 e. The first-order valence-electron chi connectivity index (χ1n) is 9.50. The van der Waals surface area contributed by atoms with E-state index in [4.69, 9.17) is 0 Å². The monoisotopic (exact) mass is 377 g/mol. The topological polar surface area (TPSA) is 91.0 Å². The number of aromatic nitrogens is 3. The molecule has 142 valence electrons. The van der Waals surface area contributed by atoms with Crippen LogP contribution in [0.2, 0.25) is 0 Å². The number of anilines is 1. The Balaban J connectivity index is 1.33. The van der Waals surface area contributed by atoms with Gasteiger partial charge in [-0.2, -0.15) is 0 Å². The van der Waals surface area contributed by atoms with Crippen molar-refractivity contribution in [3.8, 4) is 0 Å². The van der Waals surface area contributed by atoms with Crippen molar-refractivity contribution in [3.05, 3.63) is 18.6 Å². The summed E-state index contributed by atoms with van der Waals surface area (Å²) in [4.78, 5) is 14.1. The zero-order valence-electron chi connectivity index (χ0n) is 15.2. The van der Waals surface area contributed by atoms with Crippen molar-refractivity contribution in [1.82, 2.24) is 19.7 Å². The summed E-state index contributed by atoms with van der Waals surface area (Å²) < 4.78 is 27.3. The number of aromatic amines is 1. The molecule has 2 aliphatic carbocycles. The molecule has 2 saturated carbocycles. The summed E-state index contributed by atoms with van der Waals surface area (Å²) in [5.74, 6) is 2.05. The SMILES string of the molecule is CN(c1ncnc2[nH]ccc12)C1CCC(CS(=O)(=O)NCC2CC2)CC1. The van der Waals surface area contributed by atoms with Crippen molar-refractivity contribution in [2.24, 2.45) is 11.8 Å². The summed E-state index contributed by atoms with van der Waals surface area (Å²) in [5, 5.41) is 1.03. The Kier molecular flexibility index (Phi) is 4.88. The van der Waals surface area contributed by atoms with Crippen molar-refractivity contribution in [2.75, 3.05) is 24.2 Å². The minimum Gasteiger partial charge on any atom is -0.356 e. The van der Waals surface area contributed by atoms with Crippen LogP contribution in [0.5, 0.6) is 0 Å². The molecule has 2 aromatic rings. The molecule has 0 amide bonds. The molecule has 7 nitrogen and oxygen atoms in total. The van der Waals surface area contributed by atoms with Gasteiger partial charge in [0.05, 0.1) is 11.1 Å². The van der Waals surface area contributed by atoms with Crippen molar-refractivity contribution in [1.29, 1.82) is 0 Å². The van der Waals surface area contributed by atoms with E-state index in [1.54, 1.807) is 6.33 Å². The number of H-pyrrole nitrogens is 1. The Labute approximate surface area is 154 Å². The van der Waals surface area contributed by atoms with Gasteiger partial charge < -0.3 is 9.88 Å². The summed E-state index contributed by atoms with van der Waals surface area (Å²) in [5.41, 5.74) is 0.850. The minimum atomic E-state index is -3.14. The molecular weight excluding hydrogens is 350 g/mol. The highest BCUT2D eigenvalue weighted by molar-refractivity contribution is 7.89. The number of hydrogen-bond acceptors (Lipinski definition) is 5. The maximum absolute atomic E-state index is 12.2. The maximum atomic E-state index is 12.2. The van der Waals surface area contributed by atoms with Gasteiger partial charge in [0.25, 0.3) is 0 Å². The highest BCUT2D eigenvalue weighted by Gasteiger charge is 2.29. The second-order valence-electron chi connectivity index (χ2n) is 7.80. The molecule has 0 unspecified atom stereocenters. The van der Waals surface area contributed by atoms with E-state index < -0.39 is 10.0 Å². The molecule has 0 spiro atoms. The Bertz CT molecular complexity index is 853. The van der Waals surface area contributed by atoms with E-state index in [-0.39, 0.29) is 11.7 Å². The Morgan fingerprint density at radius 3 is 2.62 bits per heavy atom. The highest BCUT2D eigenvalue weighted by Crippen LogP contribution is 2.32. The van der Waals surface area contributed by atoms with Crippen LogP contribution in [0, 0.1) is 11.8 Å². The van der Waals surface area contributed by atoms with E-state index in [0.29, 0.717) is 18.5 Å². The van der Waals surface area contributed by atoms with Crippen LogP contribution >= 0.6 is 0 Å². The number of nitrogens with zero attached hydrogens (tertiary/aromatic N) is 3. The number of sulfonamides is 1. The van der Waals surface area contributed by atoms with Gasteiger partial charge in [0.2, 0.25) is 10.0 Å². The van der Waals surface area contributed by atoms with Gasteiger partial charge in [0.1, 0.15) is 17.8 Å². The lowest BCUT2D eigenvalue weighted by Gasteiger charge is -2.35. The summed E-state index contributed by atoms with van der Waals surface area (Å²) in [6.45, 7) is 0.626. The van der Waals surface area contributed by atoms with Crippen LogP contribution in [0.4, 0.5) is 5.82 Å². The largest absolute Gasteiger partial charge is 0.356 e. The first-order valence-corrected chi connectivity index (χ1v) is 11.2. The van der Waals surface area contributed by atoms with Gasteiger partial charge in [-0.3, -0.25) is 0 Å². The predicted octanol–water partition coefficient (Wildman–Crippen LogP) is 2.28. The fourth-order valence-electron chi connectivity index (χ4n) is 3.95. The second-order valence-corrected chi connectivity index (χ2v) is 9.65. The van der Waals surface area contributed by atoms with Gasteiger partial charge in [-0.05, 0) is 56.4 Å². The number of fused-ring (bicyclic) bond motifs is 1. The van der Waals surface area contributed by atoms with Gasteiger partial charge in [0.15, 0.2) is 0 Å². The fraction of sp³-hybridized carbons (Fsp3) is 0.667. The van der Waals surface area contributed by atoms with Crippen LogP contribution < -0.4 is 9.62 Å². The Hall–Kier alpha value is -1.67. The fourth-order valence-corrected chi connectivity index (χ4v) is 5.51. The van der Waals surface area contributed by atoms with E-state index in [0.717, 1.165) is 55.4 Å². The van der Waals surface area contributed by atoms with Crippen LogP contribution in [0.15, 0.2) is 18.6 Å². The van der Waals surface area contributed by atoms with Crippen LogP contribution in [-0.4, -0.2) is 48.8 Å². The molecule has 2 fully saturated rings. The normalized spacial score (nSPS) is 24.0. The van der Waals surface area contributed by atoms with E-state index >= 15 is 0 Å². The Morgan fingerprint density at radius 2 is 1.88 bits per heavy atom. The third-order valence-corrected chi connectivity index (χ3v) is 7.29. The molecule has 2 aliphatic rings. The Morgan fingerprint density at radius 1 is 1.15 bits per heavy atom. The average Bonchev–Trinajstić information content (AvgIpc) is 3.34. The van der Waals surface area contributed by atoms with Crippen molar-refractivity contribution in [2.45, 2.75) is 44.6 Å². The van der Waals surface area contributed by atoms with Crippen LogP contribution in [0.3, 0.4) is 0 Å². The second kappa shape index (κ2) is 7.15. The molecule has 8 heteroatoms. The molecule has 26 heavy (non-hydrogen) atoms. The van der Waals surface area contributed by atoms with Crippen molar-refractivity contribution < 1.29 is 8.42 Å². The molecule has 0 aliphatic heterocycles. The van der Waals surface area contributed by atoms with Gasteiger partial charge in [-0.1, -0.05) is 0 Å². The number of nitrogens with one attached hydrogen (secondary N) is 2. The zero-order valence-corrected chi connectivity index (χ0v) is 16.0. The van der Waals surface area contributed by atoms with Gasteiger partial charge in [-0.15, -0.1) is 0 Å². The van der Waals surface area contributed by atoms with Gasteiger partial charge in [0, 0.05) is 25.8 Å².